The van der Waals surface area contributed by atoms with E-state index in [0.717, 1.165) is 41.2 Å². The summed E-state index contributed by atoms with van der Waals surface area (Å²) in [6, 6.07) is 12.5. The Morgan fingerprint density at radius 2 is 2.09 bits per heavy atom. The van der Waals surface area contributed by atoms with Gasteiger partial charge in [-0.15, -0.1) is 5.10 Å². The van der Waals surface area contributed by atoms with Crippen molar-refractivity contribution in [3.05, 3.63) is 48.8 Å². The van der Waals surface area contributed by atoms with Crippen LogP contribution < -0.4 is 4.90 Å². The van der Waals surface area contributed by atoms with Crippen LogP contribution in [0.3, 0.4) is 0 Å². The molecule has 0 aliphatic heterocycles. The van der Waals surface area contributed by atoms with Crippen LogP contribution >= 0.6 is 0 Å². The van der Waals surface area contributed by atoms with Crippen LogP contribution in [-0.2, 0) is 0 Å². The third-order valence-electron chi connectivity index (χ3n) is 4.15. The molecule has 0 aliphatic carbocycles. The van der Waals surface area contributed by atoms with E-state index in [1.54, 1.807) is 0 Å². The zero-order valence-electron chi connectivity index (χ0n) is 13.3. The van der Waals surface area contributed by atoms with Gasteiger partial charge in [-0.25, -0.2) is 9.50 Å². The molecule has 0 aliphatic rings. The molecule has 4 rings (SSSR count). The number of nitrogens with zero attached hydrogens (tertiary/aromatic N) is 4. The summed E-state index contributed by atoms with van der Waals surface area (Å²) in [5.74, 6) is 0.960. The highest BCUT2D eigenvalue weighted by atomic mass is 15.3. The highest BCUT2D eigenvalue weighted by molar-refractivity contribution is 5.84. The van der Waals surface area contributed by atoms with E-state index in [1.165, 1.54) is 5.39 Å². The summed E-state index contributed by atoms with van der Waals surface area (Å²) in [5, 5.41) is 5.96. The van der Waals surface area contributed by atoms with Crippen molar-refractivity contribution in [3.8, 4) is 11.3 Å². The molecule has 1 aromatic carbocycles. The van der Waals surface area contributed by atoms with Crippen molar-refractivity contribution >= 4 is 22.4 Å². The lowest BCUT2D eigenvalue weighted by Gasteiger charge is -2.17. The summed E-state index contributed by atoms with van der Waals surface area (Å²) in [5.41, 5.74) is 4.13. The van der Waals surface area contributed by atoms with E-state index >= 15 is 0 Å². The average Bonchev–Trinajstić information content (AvgIpc) is 3.20. The molecule has 0 amide bonds. The molecule has 0 unspecified atom stereocenters. The Kier molecular flexibility index (Phi) is 3.26. The second-order valence-corrected chi connectivity index (χ2v) is 5.81. The highest BCUT2D eigenvalue weighted by Gasteiger charge is 2.10. The van der Waals surface area contributed by atoms with E-state index < -0.39 is 0 Å². The Bertz CT molecular complexity index is 966. The fourth-order valence-corrected chi connectivity index (χ4v) is 2.93. The molecule has 3 aromatic heterocycles. The standard InChI is InChI=1S/C18H19N5/c1-3-10-22(2)18-7-6-17-20-12-16(23(17)21-18)14-4-5-15-13(11-14)8-9-19-15/h4-9,11-12,19H,3,10H2,1-2H3. The topological polar surface area (TPSA) is 49.2 Å². The summed E-state index contributed by atoms with van der Waals surface area (Å²) in [4.78, 5) is 9.87. The summed E-state index contributed by atoms with van der Waals surface area (Å²) in [6.07, 6.45) is 4.94. The van der Waals surface area contributed by atoms with E-state index in [2.05, 4.69) is 53.1 Å². The molecule has 0 saturated carbocycles. The first kappa shape index (κ1) is 13.8. The number of hydrogen-bond donors (Lipinski definition) is 1. The first-order valence-electron chi connectivity index (χ1n) is 7.89. The summed E-state index contributed by atoms with van der Waals surface area (Å²) < 4.78 is 1.93. The van der Waals surface area contributed by atoms with Crippen LogP contribution in [0.5, 0.6) is 0 Å². The largest absolute Gasteiger partial charge is 0.361 e. The quantitative estimate of drug-likeness (QED) is 0.625. The second kappa shape index (κ2) is 5.43. The number of benzene rings is 1. The maximum Gasteiger partial charge on any atom is 0.154 e. The average molecular weight is 305 g/mol. The second-order valence-electron chi connectivity index (χ2n) is 5.81. The van der Waals surface area contributed by atoms with Crippen LogP contribution in [0.4, 0.5) is 5.82 Å². The molecule has 1 N–H and O–H groups in total. The smallest absolute Gasteiger partial charge is 0.154 e. The van der Waals surface area contributed by atoms with E-state index in [-0.39, 0.29) is 0 Å². The van der Waals surface area contributed by atoms with Gasteiger partial charge >= 0.3 is 0 Å². The third kappa shape index (κ3) is 2.34. The number of rotatable bonds is 4. The number of H-pyrrole nitrogens is 1. The number of fused-ring (bicyclic) bond motifs is 2. The maximum atomic E-state index is 4.77. The van der Waals surface area contributed by atoms with Gasteiger partial charge in [-0.3, -0.25) is 0 Å². The van der Waals surface area contributed by atoms with Crippen LogP contribution in [0.25, 0.3) is 27.8 Å². The zero-order valence-corrected chi connectivity index (χ0v) is 13.3. The molecule has 4 aromatic rings. The van der Waals surface area contributed by atoms with Gasteiger partial charge in [0.15, 0.2) is 5.65 Å². The Morgan fingerprint density at radius 3 is 2.96 bits per heavy atom. The monoisotopic (exact) mass is 305 g/mol. The van der Waals surface area contributed by atoms with E-state index in [1.807, 2.05) is 29.0 Å². The fourth-order valence-electron chi connectivity index (χ4n) is 2.93. The number of anilines is 1. The highest BCUT2D eigenvalue weighted by Crippen LogP contribution is 2.25. The number of nitrogens with one attached hydrogen (secondary N) is 1. The molecule has 0 saturated heterocycles. The number of aromatic amines is 1. The molecule has 23 heavy (non-hydrogen) atoms. The van der Waals surface area contributed by atoms with Crippen molar-refractivity contribution in [2.75, 3.05) is 18.5 Å². The van der Waals surface area contributed by atoms with Gasteiger partial charge in [0.2, 0.25) is 0 Å². The van der Waals surface area contributed by atoms with Crippen molar-refractivity contribution in [1.29, 1.82) is 0 Å². The van der Waals surface area contributed by atoms with Gasteiger partial charge in [-0.2, -0.15) is 0 Å². The molecule has 0 atom stereocenters. The summed E-state index contributed by atoms with van der Waals surface area (Å²) in [6.45, 7) is 3.15. The van der Waals surface area contributed by atoms with Crippen molar-refractivity contribution in [3.63, 3.8) is 0 Å². The number of imidazole rings is 1. The molecule has 3 heterocycles. The maximum absolute atomic E-state index is 4.77. The van der Waals surface area contributed by atoms with E-state index in [4.69, 9.17) is 5.10 Å². The van der Waals surface area contributed by atoms with Crippen molar-refractivity contribution < 1.29 is 0 Å². The minimum absolute atomic E-state index is 0.864. The van der Waals surface area contributed by atoms with Crippen molar-refractivity contribution in [2.45, 2.75) is 13.3 Å². The van der Waals surface area contributed by atoms with Gasteiger partial charge in [-0.1, -0.05) is 13.0 Å². The molecule has 0 spiro atoms. The molecule has 0 radical (unpaired) electrons. The van der Waals surface area contributed by atoms with Crippen molar-refractivity contribution in [2.24, 2.45) is 0 Å². The van der Waals surface area contributed by atoms with E-state index in [0.29, 0.717) is 0 Å². The van der Waals surface area contributed by atoms with Gasteiger partial charge in [0.25, 0.3) is 0 Å². The molecular formula is C18H19N5. The lowest BCUT2D eigenvalue weighted by molar-refractivity contribution is 0.810. The molecule has 5 nitrogen and oxygen atoms in total. The summed E-state index contributed by atoms with van der Waals surface area (Å²) in [7, 11) is 2.07. The molecule has 5 heteroatoms. The SMILES string of the molecule is CCCN(C)c1ccc2ncc(-c3ccc4[nH]ccc4c3)n2n1. The van der Waals surface area contributed by atoms with Crippen LogP contribution in [0.15, 0.2) is 48.8 Å². The molecular weight excluding hydrogens is 286 g/mol. The minimum Gasteiger partial charge on any atom is -0.361 e. The first-order valence-corrected chi connectivity index (χ1v) is 7.89. The van der Waals surface area contributed by atoms with Gasteiger partial charge in [0, 0.05) is 36.3 Å². The predicted octanol–water partition coefficient (Wildman–Crippen LogP) is 3.72. The Balaban J connectivity index is 1.84. The van der Waals surface area contributed by atoms with Gasteiger partial charge < -0.3 is 9.88 Å². The van der Waals surface area contributed by atoms with Gasteiger partial charge in [-0.05, 0) is 36.8 Å². The summed E-state index contributed by atoms with van der Waals surface area (Å²) >= 11 is 0. The minimum atomic E-state index is 0.864. The lowest BCUT2D eigenvalue weighted by atomic mass is 10.1. The number of hydrogen-bond acceptors (Lipinski definition) is 3. The third-order valence-corrected chi connectivity index (χ3v) is 4.15. The predicted molar refractivity (Wildman–Crippen MR) is 93.8 cm³/mol. The number of aromatic nitrogens is 4. The van der Waals surface area contributed by atoms with Gasteiger partial charge in [0.1, 0.15) is 5.82 Å². The Hall–Kier alpha value is -2.82. The zero-order chi connectivity index (χ0) is 15.8. The van der Waals surface area contributed by atoms with Crippen LogP contribution in [0, 0.1) is 0 Å². The fraction of sp³-hybridized carbons (Fsp3) is 0.222. The normalized spacial score (nSPS) is 11.4. The van der Waals surface area contributed by atoms with Crippen LogP contribution in [-0.4, -0.2) is 33.2 Å². The molecule has 0 bridgehead atoms. The Morgan fingerprint density at radius 1 is 1.17 bits per heavy atom. The van der Waals surface area contributed by atoms with Crippen molar-refractivity contribution in [1.82, 2.24) is 19.6 Å². The van der Waals surface area contributed by atoms with Gasteiger partial charge in [0.05, 0.1) is 11.9 Å². The van der Waals surface area contributed by atoms with Crippen LogP contribution in [0.2, 0.25) is 0 Å². The van der Waals surface area contributed by atoms with Crippen LogP contribution in [0.1, 0.15) is 13.3 Å². The lowest BCUT2D eigenvalue weighted by Crippen LogP contribution is -2.19. The molecule has 0 fully saturated rings. The molecule has 116 valence electrons. The first-order chi connectivity index (χ1) is 11.3. The van der Waals surface area contributed by atoms with E-state index in [9.17, 15) is 0 Å². The Labute approximate surface area is 134 Å².